The summed E-state index contributed by atoms with van der Waals surface area (Å²) >= 11 is 0. The maximum absolute atomic E-state index is 12.9. The lowest BCUT2D eigenvalue weighted by molar-refractivity contribution is 0.594. The fraction of sp³-hybridized carbons (Fsp3) is 0. The van der Waals surface area contributed by atoms with Gasteiger partial charge in [0, 0.05) is 6.20 Å². The number of rotatable bonds is 4. The van der Waals surface area contributed by atoms with Crippen LogP contribution in [0.25, 0.3) is 12.2 Å². The Morgan fingerprint density at radius 2 is 1.28 bits per heavy atom. The Morgan fingerprint density at radius 3 is 1.84 bits per heavy atom. The van der Waals surface area contributed by atoms with Gasteiger partial charge < -0.3 is 0 Å². The van der Waals surface area contributed by atoms with E-state index in [0.717, 1.165) is 17.7 Å². The van der Waals surface area contributed by atoms with E-state index in [1.54, 1.807) is 30.4 Å². The molecule has 0 atom stereocenters. The first kappa shape index (κ1) is 17.0. The van der Waals surface area contributed by atoms with Crippen molar-refractivity contribution >= 4 is 22.0 Å². The van der Waals surface area contributed by atoms with Gasteiger partial charge in [-0.1, -0.05) is 18.2 Å². The van der Waals surface area contributed by atoms with Crippen LogP contribution in [0.3, 0.4) is 0 Å². The van der Waals surface area contributed by atoms with Gasteiger partial charge in [-0.2, -0.15) is 0 Å². The summed E-state index contributed by atoms with van der Waals surface area (Å²) in [6.07, 6.45) is 4.69. The van der Waals surface area contributed by atoms with Gasteiger partial charge in [0.25, 0.3) is 0 Å². The van der Waals surface area contributed by atoms with Crippen molar-refractivity contribution in [3.63, 3.8) is 0 Å². The van der Waals surface area contributed by atoms with Gasteiger partial charge in [0.2, 0.25) is 9.84 Å². The second-order valence-corrected chi connectivity index (χ2v) is 7.21. The van der Waals surface area contributed by atoms with Crippen molar-refractivity contribution in [1.82, 2.24) is 4.98 Å². The quantitative estimate of drug-likeness (QED) is 0.652. The molecule has 0 spiro atoms. The molecule has 0 fully saturated rings. The highest BCUT2D eigenvalue weighted by Gasteiger charge is 2.17. The molecule has 0 aliphatic carbocycles. The third-order valence-electron chi connectivity index (χ3n) is 3.51. The second kappa shape index (κ2) is 6.94. The Bertz CT molecular complexity index is 995. The van der Waals surface area contributed by atoms with Gasteiger partial charge in [0.15, 0.2) is 0 Å². The smallest absolute Gasteiger partial charge is 0.208 e. The van der Waals surface area contributed by atoms with Gasteiger partial charge in [-0.05, 0) is 60.2 Å². The van der Waals surface area contributed by atoms with E-state index >= 15 is 0 Å². The minimum Gasteiger partial charge on any atom is -0.256 e. The highest BCUT2D eigenvalue weighted by atomic mass is 32.2. The molecule has 0 saturated heterocycles. The molecular formula is C19H13F2NO2S. The van der Waals surface area contributed by atoms with Crippen LogP contribution < -0.4 is 0 Å². The van der Waals surface area contributed by atoms with E-state index in [4.69, 9.17) is 0 Å². The molecule has 0 radical (unpaired) electrons. The Balaban J connectivity index is 1.82. The number of hydrogen-bond acceptors (Lipinski definition) is 3. The molecule has 0 saturated carbocycles. The van der Waals surface area contributed by atoms with Crippen LogP contribution in [0.15, 0.2) is 76.7 Å². The summed E-state index contributed by atoms with van der Waals surface area (Å²) in [7, 11) is -3.74. The number of pyridine rings is 1. The maximum Gasteiger partial charge on any atom is 0.208 e. The zero-order chi connectivity index (χ0) is 17.9. The zero-order valence-corrected chi connectivity index (χ0v) is 13.7. The standard InChI is InChI=1S/C19H13F2NO2S/c20-15-4-1-14(2-5-15)3-8-17-9-12-19(13-22-17)25(23,24)18-10-6-16(21)7-11-18/h1-13H/b8-3+. The Labute approximate surface area is 144 Å². The summed E-state index contributed by atoms with van der Waals surface area (Å²) < 4.78 is 50.7. The molecule has 0 unspecified atom stereocenters. The molecule has 3 aromatic rings. The van der Waals surface area contributed by atoms with Crippen LogP contribution in [-0.4, -0.2) is 13.4 Å². The fourth-order valence-electron chi connectivity index (χ4n) is 2.15. The predicted molar refractivity (Wildman–Crippen MR) is 91.4 cm³/mol. The molecule has 3 nitrogen and oxygen atoms in total. The maximum atomic E-state index is 12.9. The summed E-state index contributed by atoms with van der Waals surface area (Å²) in [5.41, 5.74) is 1.36. The minimum atomic E-state index is -3.74. The van der Waals surface area contributed by atoms with Gasteiger partial charge in [-0.3, -0.25) is 4.98 Å². The van der Waals surface area contributed by atoms with E-state index in [0.29, 0.717) is 5.69 Å². The third-order valence-corrected chi connectivity index (χ3v) is 5.26. The summed E-state index contributed by atoms with van der Waals surface area (Å²) in [6, 6.07) is 13.6. The lowest BCUT2D eigenvalue weighted by atomic mass is 10.2. The number of hydrogen-bond donors (Lipinski definition) is 0. The Hall–Kier alpha value is -2.86. The van der Waals surface area contributed by atoms with E-state index in [1.807, 2.05) is 0 Å². The number of halogens is 2. The molecule has 0 aliphatic rings. The van der Waals surface area contributed by atoms with Crippen LogP contribution in [0.4, 0.5) is 8.78 Å². The van der Waals surface area contributed by atoms with Gasteiger partial charge in [0.1, 0.15) is 11.6 Å². The number of nitrogens with zero attached hydrogens (tertiary/aromatic N) is 1. The largest absolute Gasteiger partial charge is 0.256 e. The van der Waals surface area contributed by atoms with Crippen LogP contribution in [0.2, 0.25) is 0 Å². The highest BCUT2D eigenvalue weighted by Crippen LogP contribution is 2.20. The summed E-state index contributed by atoms with van der Waals surface area (Å²) in [6.45, 7) is 0. The SMILES string of the molecule is O=S(=O)(c1ccc(F)cc1)c1ccc(/C=C/c2ccc(F)cc2)nc1. The van der Waals surface area contributed by atoms with Crippen molar-refractivity contribution in [2.24, 2.45) is 0 Å². The summed E-state index contributed by atoms with van der Waals surface area (Å²) in [4.78, 5) is 4.14. The first-order chi connectivity index (χ1) is 11.9. The molecule has 25 heavy (non-hydrogen) atoms. The number of benzene rings is 2. The van der Waals surface area contributed by atoms with Crippen LogP contribution in [0.1, 0.15) is 11.3 Å². The Morgan fingerprint density at radius 1 is 0.720 bits per heavy atom. The van der Waals surface area contributed by atoms with Crippen LogP contribution in [0.5, 0.6) is 0 Å². The molecule has 126 valence electrons. The minimum absolute atomic E-state index is 0.00491. The lowest BCUT2D eigenvalue weighted by Crippen LogP contribution is -2.02. The zero-order valence-electron chi connectivity index (χ0n) is 12.9. The Kier molecular flexibility index (Phi) is 4.72. The molecule has 2 aromatic carbocycles. The van der Waals surface area contributed by atoms with Crippen LogP contribution in [-0.2, 0) is 9.84 Å². The van der Waals surface area contributed by atoms with E-state index < -0.39 is 15.7 Å². The van der Waals surface area contributed by atoms with Gasteiger partial charge in [-0.25, -0.2) is 17.2 Å². The lowest BCUT2D eigenvalue weighted by Gasteiger charge is -2.04. The highest BCUT2D eigenvalue weighted by molar-refractivity contribution is 7.91. The molecule has 0 amide bonds. The molecule has 0 aliphatic heterocycles. The average Bonchev–Trinajstić information content (AvgIpc) is 2.62. The van der Waals surface area contributed by atoms with Crippen molar-refractivity contribution in [2.75, 3.05) is 0 Å². The fourth-order valence-corrected chi connectivity index (χ4v) is 3.36. The monoisotopic (exact) mass is 357 g/mol. The predicted octanol–water partition coefficient (Wildman–Crippen LogP) is 4.36. The molecular weight excluding hydrogens is 344 g/mol. The molecule has 1 heterocycles. The summed E-state index contributed by atoms with van der Waals surface area (Å²) in [5.74, 6) is -0.816. The molecule has 1 aromatic heterocycles. The van der Waals surface area contributed by atoms with Crippen molar-refractivity contribution in [3.05, 3.63) is 89.8 Å². The van der Waals surface area contributed by atoms with Gasteiger partial charge >= 0.3 is 0 Å². The molecule has 6 heteroatoms. The number of aromatic nitrogens is 1. The van der Waals surface area contributed by atoms with E-state index in [2.05, 4.69) is 4.98 Å². The topological polar surface area (TPSA) is 47.0 Å². The van der Waals surface area contributed by atoms with Crippen molar-refractivity contribution < 1.29 is 17.2 Å². The molecule has 3 rings (SSSR count). The van der Waals surface area contributed by atoms with E-state index in [9.17, 15) is 17.2 Å². The van der Waals surface area contributed by atoms with E-state index in [-0.39, 0.29) is 15.6 Å². The third kappa shape index (κ3) is 3.97. The van der Waals surface area contributed by atoms with Crippen molar-refractivity contribution in [3.8, 4) is 0 Å². The van der Waals surface area contributed by atoms with Crippen molar-refractivity contribution in [1.29, 1.82) is 0 Å². The molecule has 0 bridgehead atoms. The second-order valence-electron chi connectivity index (χ2n) is 5.26. The van der Waals surface area contributed by atoms with Gasteiger partial charge in [0.05, 0.1) is 15.5 Å². The normalized spacial score (nSPS) is 11.8. The van der Waals surface area contributed by atoms with Gasteiger partial charge in [-0.15, -0.1) is 0 Å². The van der Waals surface area contributed by atoms with Crippen LogP contribution >= 0.6 is 0 Å². The van der Waals surface area contributed by atoms with E-state index in [1.165, 1.54) is 36.5 Å². The van der Waals surface area contributed by atoms with Crippen LogP contribution in [0, 0.1) is 11.6 Å². The summed E-state index contributed by atoms with van der Waals surface area (Å²) in [5, 5.41) is 0. The van der Waals surface area contributed by atoms with Crippen molar-refractivity contribution in [2.45, 2.75) is 9.79 Å². The number of sulfone groups is 1. The molecule has 0 N–H and O–H groups in total. The average molecular weight is 357 g/mol. The first-order valence-corrected chi connectivity index (χ1v) is 8.84. The first-order valence-electron chi connectivity index (χ1n) is 7.35.